The predicted molar refractivity (Wildman–Crippen MR) is 109 cm³/mol. The molecule has 0 aromatic heterocycles. The molecule has 148 valence electrons. The Balaban J connectivity index is 1.59. The first-order valence-electron chi connectivity index (χ1n) is 9.15. The molecule has 7 heteroatoms. The number of hydrogen-bond acceptors (Lipinski definition) is 5. The first-order valence-corrected chi connectivity index (χ1v) is 9.15. The van der Waals surface area contributed by atoms with Gasteiger partial charge >= 0.3 is 6.03 Å². The molecule has 1 aliphatic heterocycles. The molecule has 0 bridgehead atoms. The number of piperazine rings is 1. The van der Waals surface area contributed by atoms with Crippen molar-refractivity contribution in [1.29, 1.82) is 0 Å². The Bertz CT molecular complexity index is 860. The van der Waals surface area contributed by atoms with Gasteiger partial charge in [-0.25, -0.2) is 4.79 Å². The summed E-state index contributed by atoms with van der Waals surface area (Å²) < 4.78 is 10.5. The number of rotatable bonds is 5. The topological polar surface area (TPSA) is 71.1 Å². The molecule has 0 spiro atoms. The maximum atomic E-state index is 12.6. The van der Waals surface area contributed by atoms with E-state index in [4.69, 9.17) is 9.47 Å². The predicted octanol–water partition coefficient (Wildman–Crippen LogP) is 3.26. The number of ketones is 1. The lowest BCUT2D eigenvalue weighted by atomic mass is 10.1. The number of methoxy groups -OCH3 is 2. The Morgan fingerprint density at radius 3 is 2.29 bits per heavy atom. The number of amides is 2. The lowest BCUT2D eigenvalue weighted by Gasteiger charge is -2.36. The summed E-state index contributed by atoms with van der Waals surface area (Å²) in [5, 5.41) is 2.90. The van der Waals surface area contributed by atoms with Crippen LogP contribution in [0.25, 0.3) is 0 Å². The number of carbonyl (C=O) groups excluding carboxylic acids is 2. The Kier molecular flexibility index (Phi) is 6.03. The lowest BCUT2D eigenvalue weighted by molar-refractivity contribution is 0.101. The highest BCUT2D eigenvalue weighted by molar-refractivity contribution is 5.95. The molecule has 2 amide bonds. The molecule has 1 fully saturated rings. The number of Topliss-reactive ketones (excluding diaryl/α,β-unsaturated/α-hetero) is 1. The third-order valence-corrected chi connectivity index (χ3v) is 4.82. The molecular formula is C21H25N3O4. The molecule has 0 aliphatic carbocycles. The summed E-state index contributed by atoms with van der Waals surface area (Å²) in [4.78, 5) is 28.1. The van der Waals surface area contributed by atoms with Crippen molar-refractivity contribution in [2.45, 2.75) is 6.92 Å². The van der Waals surface area contributed by atoms with E-state index in [1.165, 1.54) is 0 Å². The normalized spacial score (nSPS) is 13.8. The summed E-state index contributed by atoms with van der Waals surface area (Å²) >= 11 is 0. The summed E-state index contributed by atoms with van der Waals surface area (Å²) in [7, 11) is 3.13. The second-order valence-corrected chi connectivity index (χ2v) is 6.58. The minimum absolute atomic E-state index is 0.0507. The average Bonchev–Trinajstić information content (AvgIpc) is 2.73. The van der Waals surface area contributed by atoms with Gasteiger partial charge in [0.25, 0.3) is 0 Å². The van der Waals surface area contributed by atoms with Gasteiger partial charge in [-0.05, 0) is 31.2 Å². The molecule has 1 N–H and O–H groups in total. The zero-order chi connectivity index (χ0) is 20.1. The second-order valence-electron chi connectivity index (χ2n) is 6.58. The summed E-state index contributed by atoms with van der Waals surface area (Å²) in [6.45, 7) is 4.18. The van der Waals surface area contributed by atoms with E-state index in [1.54, 1.807) is 44.2 Å². The number of ether oxygens (including phenoxy) is 2. The molecule has 1 saturated heterocycles. The summed E-state index contributed by atoms with van der Waals surface area (Å²) in [5.41, 5.74) is 2.36. The highest BCUT2D eigenvalue weighted by atomic mass is 16.5. The fourth-order valence-electron chi connectivity index (χ4n) is 3.21. The van der Waals surface area contributed by atoms with Gasteiger partial charge in [-0.15, -0.1) is 0 Å². The van der Waals surface area contributed by atoms with Crippen molar-refractivity contribution in [3.05, 3.63) is 48.0 Å². The van der Waals surface area contributed by atoms with Crippen LogP contribution in [-0.2, 0) is 0 Å². The minimum Gasteiger partial charge on any atom is -0.493 e. The van der Waals surface area contributed by atoms with E-state index < -0.39 is 0 Å². The molecule has 0 radical (unpaired) electrons. The zero-order valence-electron chi connectivity index (χ0n) is 16.4. The Morgan fingerprint density at radius 1 is 0.929 bits per heavy atom. The van der Waals surface area contributed by atoms with Crippen LogP contribution < -0.4 is 19.7 Å². The van der Waals surface area contributed by atoms with Crippen LogP contribution in [0.4, 0.5) is 16.2 Å². The van der Waals surface area contributed by atoms with E-state index in [2.05, 4.69) is 10.2 Å². The molecule has 7 nitrogen and oxygen atoms in total. The number of nitrogens with zero attached hydrogens (tertiary/aromatic N) is 2. The lowest BCUT2D eigenvalue weighted by Crippen LogP contribution is -2.50. The maximum Gasteiger partial charge on any atom is 0.321 e. The third-order valence-electron chi connectivity index (χ3n) is 4.82. The van der Waals surface area contributed by atoms with Gasteiger partial charge in [-0.2, -0.15) is 0 Å². The Hall–Kier alpha value is -3.22. The van der Waals surface area contributed by atoms with Gasteiger partial charge in [0, 0.05) is 49.2 Å². The van der Waals surface area contributed by atoms with E-state index >= 15 is 0 Å². The van der Waals surface area contributed by atoms with Gasteiger partial charge in [0.15, 0.2) is 17.3 Å². The fraction of sp³-hybridized carbons (Fsp3) is 0.333. The third kappa shape index (κ3) is 4.36. The molecular weight excluding hydrogens is 358 g/mol. The maximum absolute atomic E-state index is 12.6. The van der Waals surface area contributed by atoms with Gasteiger partial charge in [0.05, 0.1) is 14.2 Å². The molecule has 0 saturated carbocycles. The molecule has 2 aromatic carbocycles. The second kappa shape index (κ2) is 8.65. The average molecular weight is 383 g/mol. The SMILES string of the molecule is COc1ccc(NC(=O)N2CCN(c3cccc(C(C)=O)c3)CC2)cc1OC. The van der Waals surface area contributed by atoms with E-state index in [1.807, 2.05) is 24.3 Å². The van der Waals surface area contributed by atoms with Crippen molar-refractivity contribution < 1.29 is 19.1 Å². The summed E-state index contributed by atoms with van der Waals surface area (Å²) in [6, 6.07) is 12.7. The van der Waals surface area contributed by atoms with Gasteiger partial charge in [0.2, 0.25) is 0 Å². The fourth-order valence-corrected chi connectivity index (χ4v) is 3.21. The van der Waals surface area contributed by atoms with Crippen LogP contribution in [0, 0.1) is 0 Å². The van der Waals surface area contributed by atoms with Gasteiger partial charge in [-0.1, -0.05) is 12.1 Å². The molecule has 1 heterocycles. The Labute approximate surface area is 164 Å². The largest absolute Gasteiger partial charge is 0.493 e. The van der Waals surface area contributed by atoms with Crippen molar-refractivity contribution in [3.8, 4) is 11.5 Å². The highest BCUT2D eigenvalue weighted by Crippen LogP contribution is 2.30. The molecule has 0 unspecified atom stereocenters. The number of hydrogen-bond donors (Lipinski definition) is 1. The van der Waals surface area contributed by atoms with Crippen LogP contribution in [-0.4, -0.2) is 57.1 Å². The first-order chi connectivity index (χ1) is 13.5. The zero-order valence-corrected chi connectivity index (χ0v) is 16.4. The van der Waals surface area contributed by atoms with Crippen LogP contribution in [0.15, 0.2) is 42.5 Å². The van der Waals surface area contributed by atoms with Crippen molar-refractivity contribution in [1.82, 2.24) is 4.90 Å². The number of carbonyl (C=O) groups is 2. The van der Waals surface area contributed by atoms with Gasteiger partial charge in [0.1, 0.15) is 0 Å². The van der Waals surface area contributed by atoms with Crippen molar-refractivity contribution in [3.63, 3.8) is 0 Å². The number of urea groups is 1. The van der Waals surface area contributed by atoms with Crippen LogP contribution in [0.3, 0.4) is 0 Å². The van der Waals surface area contributed by atoms with Crippen LogP contribution in [0.5, 0.6) is 11.5 Å². The molecule has 0 atom stereocenters. The molecule has 3 rings (SSSR count). The van der Waals surface area contributed by atoms with E-state index in [0.717, 1.165) is 5.69 Å². The summed E-state index contributed by atoms with van der Waals surface area (Å²) in [6.07, 6.45) is 0. The van der Waals surface area contributed by atoms with Crippen LogP contribution in [0.2, 0.25) is 0 Å². The monoisotopic (exact) mass is 383 g/mol. The minimum atomic E-state index is -0.149. The van der Waals surface area contributed by atoms with E-state index in [9.17, 15) is 9.59 Å². The van der Waals surface area contributed by atoms with Gasteiger partial charge < -0.3 is 24.6 Å². The summed E-state index contributed by atoms with van der Waals surface area (Å²) in [5.74, 6) is 1.23. The van der Waals surface area contributed by atoms with Crippen LogP contribution in [0.1, 0.15) is 17.3 Å². The quantitative estimate of drug-likeness (QED) is 0.803. The molecule has 2 aromatic rings. The number of benzene rings is 2. The standard InChI is InChI=1S/C21H25N3O4/c1-15(25)16-5-4-6-18(13-16)23-9-11-24(12-10-23)21(26)22-17-7-8-19(27-2)20(14-17)28-3/h4-8,13-14H,9-12H2,1-3H3,(H,22,26). The van der Waals surface area contributed by atoms with Crippen LogP contribution >= 0.6 is 0 Å². The van der Waals surface area contributed by atoms with E-state index in [0.29, 0.717) is 48.9 Å². The van der Waals surface area contributed by atoms with Crippen molar-refractivity contribution in [2.24, 2.45) is 0 Å². The molecule has 1 aliphatic rings. The van der Waals surface area contributed by atoms with Gasteiger partial charge in [-0.3, -0.25) is 4.79 Å². The van der Waals surface area contributed by atoms with E-state index in [-0.39, 0.29) is 11.8 Å². The highest BCUT2D eigenvalue weighted by Gasteiger charge is 2.22. The van der Waals surface area contributed by atoms with Crippen molar-refractivity contribution >= 4 is 23.2 Å². The smallest absolute Gasteiger partial charge is 0.321 e. The van der Waals surface area contributed by atoms with Crippen molar-refractivity contribution in [2.75, 3.05) is 50.6 Å². The first kappa shape index (κ1) is 19.5. The molecule has 28 heavy (non-hydrogen) atoms. The number of anilines is 2. The Morgan fingerprint density at radius 2 is 1.64 bits per heavy atom. The number of nitrogens with one attached hydrogen (secondary N) is 1.